The number of pyridine rings is 1. The molecular weight excluding hydrogens is 401 g/mol. The van der Waals surface area contributed by atoms with Crippen LogP contribution < -0.4 is 10.2 Å². The van der Waals surface area contributed by atoms with Crippen LogP contribution in [0.3, 0.4) is 0 Å². The maximum Gasteiger partial charge on any atom is 0.416 e. The molecule has 160 valence electrons. The number of rotatable bonds is 4. The zero-order valence-electron chi connectivity index (χ0n) is 16.4. The average Bonchev–Trinajstić information content (AvgIpc) is 2.72. The number of likely N-dealkylation sites (N-methyl/N-ethyl adjacent to an activating group) is 1. The standard InChI is InChI=1S/C20H21F3N4O3/c1-13(28)19(24-2)12-26(8-9-27(19)18(29)30)16-6-7-17(25-11-16)14-4-3-5-15(10-14)20(21,22)23/h3-7,10-11,24H,8-9,12H2,1-2H3,(H,29,30). The quantitative estimate of drug-likeness (QED) is 0.788. The van der Waals surface area contributed by atoms with Gasteiger partial charge in [-0.05, 0) is 38.2 Å². The first-order valence-corrected chi connectivity index (χ1v) is 9.17. The first-order chi connectivity index (χ1) is 14.1. The maximum absolute atomic E-state index is 12.9. The zero-order chi connectivity index (χ0) is 22.1. The summed E-state index contributed by atoms with van der Waals surface area (Å²) in [6.45, 7) is 1.85. The number of amides is 1. The molecule has 1 aromatic heterocycles. The molecule has 2 heterocycles. The zero-order valence-corrected chi connectivity index (χ0v) is 16.4. The number of nitrogens with one attached hydrogen (secondary N) is 1. The van der Waals surface area contributed by atoms with Crippen molar-refractivity contribution in [3.8, 4) is 11.3 Å². The van der Waals surface area contributed by atoms with Crippen molar-refractivity contribution in [3.63, 3.8) is 0 Å². The minimum absolute atomic E-state index is 0.0791. The lowest BCUT2D eigenvalue weighted by Crippen LogP contribution is -2.73. The fraction of sp³-hybridized carbons (Fsp3) is 0.350. The Bertz CT molecular complexity index is 949. The van der Waals surface area contributed by atoms with Crippen molar-refractivity contribution in [1.29, 1.82) is 0 Å². The molecule has 7 nitrogen and oxygen atoms in total. The van der Waals surface area contributed by atoms with Crippen LogP contribution in [0.25, 0.3) is 11.3 Å². The van der Waals surface area contributed by atoms with Gasteiger partial charge in [-0.3, -0.25) is 20.0 Å². The summed E-state index contributed by atoms with van der Waals surface area (Å²) in [6.07, 6.45) is -4.13. The van der Waals surface area contributed by atoms with Gasteiger partial charge in [0.2, 0.25) is 0 Å². The monoisotopic (exact) mass is 422 g/mol. The van der Waals surface area contributed by atoms with Crippen molar-refractivity contribution in [2.24, 2.45) is 0 Å². The number of ketones is 1. The number of piperazine rings is 1. The Balaban J connectivity index is 1.87. The Labute approximate surface area is 171 Å². The van der Waals surface area contributed by atoms with Gasteiger partial charge in [0, 0.05) is 18.7 Å². The molecule has 0 aliphatic carbocycles. The minimum Gasteiger partial charge on any atom is -0.465 e. The number of anilines is 1. The van der Waals surface area contributed by atoms with Crippen molar-refractivity contribution in [1.82, 2.24) is 15.2 Å². The predicted molar refractivity (Wildman–Crippen MR) is 104 cm³/mol. The molecule has 1 aliphatic rings. The van der Waals surface area contributed by atoms with Gasteiger partial charge >= 0.3 is 12.3 Å². The van der Waals surface area contributed by atoms with Gasteiger partial charge in [-0.25, -0.2) is 4.79 Å². The summed E-state index contributed by atoms with van der Waals surface area (Å²) in [4.78, 5) is 31.1. The molecule has 1 aromatic carbocycles. The molecule has 0 radical (unpaired) electrons. The van der Waals surface area contributed by atoms with Crippen LogP contribution in [0.5, 0.6) is 0 Å². The summed E-state index contributed by atoms with van der Waals surface area (Å²) in [6, 6.07) is 8.20. The van der Waals surface area contributed by atoms with Crippen molar-refractivity contribution >= 4 is 17.6 Å². The highest BCUT2D eigenvalue weighted by molar-refractivity contribution is 5.90. The Morgan fingerprint density at radius 3 is 2.47 bits per heavy atom. The number of nitrogens with zero attached hydrogens (tertiary/aromatic N) is 3. The summed E-state index contributed by atoms with van der Waals surface area (Å²) in [5, 5.41) is 12.3. The number of halogens is 3. The largest absolute Gasteiger partial charge is 0.465 e. The molecule has 0 saturated carbocycles. The van der Waals surface area contributed by atoms with Crippen LogP contribution in [0.2, 0.25) is 0 Å². The van der Waals surface area contributed by atoms with Crippen LogP contribution in [-0.4, -0.2) is 59.2 Å². The van der Waals surface area contributed by atoms with Gasteiger partial charge in [0.1, 0.15) is 0 Å². The van der Waals surface area contributed by atoms with Crippen molar-refractivity contribution in [2.45, 2.75) is 18.8 Å². The van der Waals surface area contributed by atoms with Gasteiger partial charge < -0.3 is 10.0 Å². The highest BCUT2D eigenvalue weighted by Crippen LogP contribution is 2.32. The lowest BCUT2D eigenvalue weighted by molar-refractivity contribution is -0.137. The molecule has 1 aliphatic heterocycles. The van der Waals surface area contributed by atoms with Crippen LogP contribution in [0.1, 0.15) is 12.5 Å². The van der Waals surface area contributed by atoms with Gasteiger partial charge in [0.25, 0.3) is 0 Å². The van der Waals surface area contributed by atoms with E-state index >= 15 is 0 Å². The van der Waals surface area contributed by atoms with Gasteiger partial charge in [-0.1, -0.05) is 12.1 Å². The average molecular weight is 422 g/mol. The number of alkyl halides is 3. The SMILES string of the molecule is CNC1(C(C)=O)CN(c2ccc(-c3cccc(C(F)(F)F)c3)nc2)CCN1C(=O)O. The minimum atomic E-state index is -4.44. The Kier molecular flexibility index (Phi) is 5.71. The van der Waals surface area contributed by atoms with E-state index in [2.05, 4.69) is 10.3 Å². The van der Waals surface area contributed by atoms with Gasteiger partial charge in [0.05, 0.1) is 29.7 Å². The van der Waals surface area contributed by atoms with Crippen LogP contribution in [-0.2, 0) is 11.0 Å². The van der Waals surface area contributed by atoms with E-state index in [1.54, 1.807) is 18.2 Å². The molecule has 1 unspecified atom stereocenters. The Morgan fingerprint density at radius 2 is 1.93 bits per heavy atom. The summed E-state index contributed by atoms with van der Waals surface area (Å²) in [5.74, 6) is -0.342. The number of hydrogen-bond acceptors (Lipinski definition) is 5. The van der Waals surface area contributed by atoms with E-state index in [1.807, 2.05) is 4.90 Å². The number of carbonyl (C=O) groups is 2. The first kappa shape index (κ1) is 21.6. The second-order valence-electron chi connectivity index (χ2n) is 7.00. The normalized spacial score (nSPS) is 19.6. The third-order valence-corrected chi connectivity index (χ3v) is 5.30. The number of carboxylic acid groups (broad SMARTS) is 1. The molecule has 2 aromatic rings. The van der Waals surface area contributed by atoms with E-state index in [1.165, 1.54) is 26.2 Å². The first-order valence-electron chi connectivity index (χ1n) is 9.17. The smallest absolute Gasteiger partial charge is 0.416 e. The van der Waals surface area contributed by atoms with E-state index in [-0.39, 0.29) is 18.9 Å². The van der Waals surface area contributed by atoms with E-state index in [4.69, 9.17) is 0 Å². The summed E-state index contributed by atoms with van der Waals surface area (Å²) in [7, 11) is 1.52. The van der Waals surface area contributed by atoms with E-state index in [9.17, 15) is 27.9 Å². The molecule has 1 atom stereocenters. The molecular formula is C20H21F3N4O3. The fourth-order valence-electron chi connectivity index (χ4n) is 3.62. The van der Waals surface area contributed by atoms with E-state index in [0.717, 1.165) is 17.0 Å². The Morgan fingerprint density at radius 1 is 1.20 bits per heavy atom. The number of aromatic nitrogens is 1. The topological polar surface area (TPSA) is 85.8 Å². The van der Waals surface area contributed by atoms with Crippen molar-refractivity contribution in [3.05, 3.63) is 48.2 Å². The van der Waals surface area contributed by atoms with E-state index < -0.39 is 23.5 Å². The number of Topliss-reactive ketones (excluding diaryl/α,β-unsaturated/α-hetero) is 1. The number of carbonyl (C=O) groups excluding carboxylic acids is 1. The molecule has 1 saturated heterocycles. The van der Waals surface area contributed by atoms with Gasteiger partial charge in [-0.2, -0.15) is 13.2 Å². The van der Waals surface area contributed by atoms with Crippen LogP contribution >= 0.6 is 0 Å². The molecule has 2 N–H and O–H groups in total. The summed E-state index contributed by atoms with van der Waals surface area (Å²) < 4.78 is 38.8. The molecule has 10 heteroatoms. The van der Waals surface area contributed by atoms with Crippen LogP contribution in [0.15, 0.2) is 42.6 Å². The van der Waals surface area contributed by atoms with Crippen LogP contribution in [0.4, 0.5) is 23.7 Å². The highest BCUT2D eigenvalue weighted by Gasteiger charge is 2.47. The number of hydrogen-bond donors (Lipinski definition) is 2. The molecule has 30 heavy (non-hydrogen) atoms. The lowest BCUT2D eigenvalue weighted by Gasteiger charge is -2.48. The summed E-state index contributed by atoms with van der Waals surface area (Å²) in [5.41, 5.74) is -0.808. The van der Waals surface area contributed by atoms with Crippen molar-refractivity contribution < 1.29 is 27.9 Å². The fourth-order valence-corrected chi connectivity index (χ4v) is 3.62. The molecule has 1 amide bonds. The maximum atomic E-state index is 12.9. The second-order valence-corrected chi connectivity index (χ2v) is 7.00. The Hall–Kier alpha value is -3.14. The second kappa shape index (κ2) is 7.94. The lowest BCUT2D eigenvalue weighted by atomic mass is 9.99. The molecule has 1 fully saturated rings. The van der Waals surface area contributed by atoms with Crippen molar-refractivity contribution in [2.75, 3.05) is 31.6 Å². The predicted octanol–water partition coefficient (Wildman–Crippen LogP) is 3.07. The van der Waals surface area contributed by atoms with Gasteiger partial charge in [-0.15, -0.1) is 0 Å². The molecule has 0 spiro atoms. The number of benzene rings is 1. The molecule has 3 rings (SSSR count). The van der Waals surface area contributed by atoms with Gasteiger partial charge in [0.15, 0.2) is 11.4 Å². The summed E-state index contributed by atoms with van der Waals surface area (Å²) >= 11 is 0. The van der Waals surface area contributed by atoms with Crippen LogP contribution in [0, 0.1) is 0 Å². The highest BCUT2D eigenvalue weighted by atomic mass is 19.4. The van der Waals surface area contributed by atoms with E-state index in [0.29, 0.717) is 23.5 Å². The third kappa shape index (κ3) is 3.95. The third-order valence-electron chi connectivity index (χ3n) is 5.30. The molecule has 0 bridgehead atoms.